The fraction of sp³-hybridized carbons (Fsp3) is 0.688. The van der Waals surface area contributed by atoms with Crippen LogP contribution in [-0.2, 0) is 5.60 Å². The molecule has 6 heteroatoms. The van der Waals surface area contributed by atoms with Gasteiger partial charge in [0, 0.05) is 11.3 Å². The Labute approximate surface area is 136 Å². The summed E-state index contributed by atoms with van der Waals surface area (Å²) in [5.74, 6) is 1.20. The number of hydrogen-bond donors (Lipinski definition) is 3. The monoisotopic (exact) mass is 326 g/mol. The number of hydrogen-bond acceptors (Lipinski definition) is 4. The average molecular weight is 326 g/mol. The average Bonchev–Trinajstić information content (AvgIpc) is 2.93. The largest absolute Gasteiger partial charge is 0.463 e. The van der Waals surface area contributed by atoms with Crippen LogP contribution in [0, 0.1) is 6.92 Å². The van der Waals surface area contributed by atoms with Crippen molar-refractivity contribution in [2.45, 2.75) is 56.4 Å². The Balaban J connectivity index is 1.84. The zero-order chi connectivity index (χ0) is 16.2. The Morgan fingerprint density at radius 2 is 2.18 bits per heavy atom. The molecule has 0 aliphatic heterocycles. The summed E-state index contributed by atoms with van der Waals surface area (Å²) in [6, 6.07) is 3.52. The summed E-state index contributed by atoms with van der Waals surface area (Å²) in [5, 5.41) is 16.7. The van der Waals surface area contributed by atoms with Crippen LogP contribution < -0.4 is 10.6 Å². The van der Waals surface area contributed by atoms with Gasteiger partial charge in [-0.25, -0.2) is 4.79 Å². The fourth-order valence-corrected chi connectivity index (χ4v) is 3.76. The van der Waals surface area contributed by atoms with Crippen molar-refractivity contribution < 1.29 is 14.3 Å². The third kappa shape index (κ3) is 4.43. The predicted octanol–water partition coefficient (Wildman–Crippen LogP) is 2.77. The summed E-state index contributed by atoms with van der Waals surface area (Å²) in [6.45, 7) is 3.57. The summed E-state index contributed by atoms with van der Waals surface area (Å²) in [4.78, 5) is 12.1. The van der Waals surface area contributed by atoms with Crippen LogP contribution in [0.15, 0.2) is 16.5 Å². The van der Waals surface area contributed by atoms with Gasteiger partial charge in [-0.3, -0.25) is 0 Å². The molecule has 0 saturated heterocycles. The zero-order valence-electron chi connectivity index (χ0n) is 13.5. The van der Waals surface area contributed by atoms with Gasteiger partial charge in [0.1, 0.15) is 17.1 Å². The number of aliphatic hydroxyl groups is 1. The lowest BCUT2D eigenvalue weighted by Crippen LogP contribution is -2.50. The van der Waals surface area contributed by atoms with E-state index in [-0.39, 0.29) is 18.6 Å². The predicted molar refractivity (Wildman–Crippen MR) is 89.1 cm³/mol. The summed E-state index contributed by atoms with van der Waals surface area (Å²) < 4.78 is 5.44. The van der Waals surface area contributed by atoms with E-state index in [9.17, 15) is 9.90 Å². The quantitative estimate of drug-likeness (QED) is 0.778. The number of carbonyl (C=O) groups is 1. The summed E-state index contributed by atoms with van der Waals surface area (Å²) in [6.07, 6.45) is 6.65. The second-order valence-electron chi connectivity index (χ2n) is 6.18. The Morgan fingerprint density at radius 3 is 2.82 bits per heavy atom. The van der Waals surface area contributed by atoms with Gasteiger partial charge in [-0.05, 0) is 45.1 Å². The summed E-state index contributed by atoms with van der Waals surface area (Å²) in [5.41, 5.74) is -1.21. The highest BCUT2D eigenvalue weighted by atomic mass is 32.2. The topological polar surface area (TPSA) is 74.5 Å². The minimum Gasteiger partial charge on any atom is -0.463 e. The first-order chi connectivity index (χ1) is 10.4. The summed E-state index contributed by atoms with van der Waals surface area (Å²) in [7, 11) is 0. The second kappa shape index (κ2) is 7.42. The van der Waals surface area contributed by atoms with E-state index < -0.39 is 5.60 Å². The van der Waals surface area contributed by atoms with Crippen molar-refractivity contribution in [3.05, 3.63) is 23.7 Å². The van der Waals surface area contributed by atoms with Gasteiger partial charge in [0.05, 0.1) is 6.54 Å². The van der Waals surface area contributed by atoms with E-state index in [1.165, 1.54) is 6.42 Å². The maximum atomic E-state index is 12.1. The van der Waals surface area contributed by atoms with Gasteiger partial charge in [0.15, 0.2) is 0 Å². The molecule has 2 amide bonds. The van der Waals surface area contributed by atoms with Crippen molar-refractivity contribution in [2.75, 3.05) is 12.8 Å². The van der Waals surface area contributed by atoms with Gasteiger partial charge in [-0.1, -0.05) is 12.8 Å². The van der Waals surface area contributed by atoms with E-state index >= 15 is 0 Å². The lowest BCUT2D eigenvalue weighted by Gasteiger charge is -2.31. The van der Waals surface area contributed by atoms with E-state index in [2.05, 4.69) is 16.9 Å². The summed E-state index contributed by atoms with van der Waals surface area (Å²) >= 11 is 1.81. The molecular formula is C16H26N2O3S. The van der Waals surface area contributed by atoms with Crippen LogP contribution >= 0.6 is 11.8 Å². The highest BCUT2D eigenvalue weighted by Crippen LogP contribution is 2.27. The van der Waals surface area contributed by atoms with Gasteiger partial charge in [-0.15, -0.1) is 0 Å². The van der Waals surface area contributed by atoms with E-state index in [0.29, 0.717) is 11.0 Å². The molecule has 124 valence electrons. The van der Waals surface area contributed by atoms with Crippen molar-refractivity contribution in [3.63, 3.8) is 0 Å². The van der Waals surface area contributed by atoms with Crippen LogP contribution in [0.1, 0.15) is 44.1 Å². The molecule has 1 aromatic heterocycles. The molecule has 1 aliphatic rings. The number of rotatable bonds is 5. The lowest BCUT2D eigenvalue weighted by molar-refractivity contribution is 0.0358. The first kappa shape index (κ1) is 17.2. The van der Waals surface area contributed by atoms with Crippen LogP contribution in [0.25, 0.3) is 0 Å². The van der Waals surface area contributed by atoms with Gasteiger partial charge in [-0.2, -0.15) is 11.8 Å². The van der Waals surface area contributed by atoms with Gasteiger partial charge < -0.3 is 20.2 Å². The van der Waals surface area contributed by atoms with Gasteiger partial charge in [0.2, 0.25) is 0 Å². The molecule has 0 aromatic carbocycles. The smallest absolute Gasteiger partial charge is 0.315 e. The molecule has 3 atom stereocenters. The molecule has 0 radical (unpaired) electrons. The fourth-order valence-electron chi connectivity index (χ4n) is 2.83. The highest BCUT2D eigenvalue weighted by molar-refractivity contribution is 7.99. The van der Waals surface area contributed by atoms with Crippen molar-refractivity contribution >= 4 is 17.8 Å². The van der Waals surface area contributed by atoms with Crippen LogP contribution in [0.5, 0.6) is 0 Å². The number of amides is 2. The second-order valence-corrected chi connectivity index (χ2v) is 7.25. The molecular weight excluding hydrogens is 300 g/mol. The van der Waals surface area contributed by atoms with Crippen molar-refractivity contribution in [2.24, 2.45) is 0 Å². The SMILES string of the molecule is CS[C@@H]1CCCC[C@@H]1NC(=O)NC[C@](C)(O)c1ccc(C)o1. The zero-order valence-corrected chi connectivity index (χ0v) is 14.3. The number of nitrogens with one attached hydrogen (secondary N) is 2. The van der Waals surface area contributed by atoms with Crippen LogP contribution in [0.3, 0.4) is 0 Å². The maximum absolute atomic E-state index is 12.1. The Morgan fingerprint density at radius 1 is 1.45 bits per heavy atom. The number of urea groups is 1. The molecule has 0 spiro atoms. The van der Waals surface area contributed by atoms with Crippen molar-refractivity contribution in [3.8, 4) is 0 Å². The molecule has 0 bridgehead atoms. The maximum Gasteiger partial charge on any atom is 0.315 e. The molecule has 22 heavy (non-hydrogen) atoms. The molecule has 1 saturated carbocycles. The number of furan rings is 1. The van der Waals surface area contributed by atoms with Crippen molar-refractivity contribution in [1.29, 1.82) is 0 Å². The molecule has 1 fully saturated rings. The standard InChI is InChI=1S/C16H26N2O3S/c1-11-8-9-14(21-11)16(2,20)10-17-15(19)18-12-6-4-5-7-13(12)22-3/h8-9,12-13,20H,4-7,10H2,1-3H3,(H2,17,18,19)/t12-,13+,16-/m0/s1. The van der Waals surface area contributed by atoms with Gasteiger partial charge in [0.25, 0.3) is 0 Å². The van der Waals surface area contributed by atoms with Crippen molar-refractivity contribution in [1.82, 2.24) is 10.6 Å². The molecule has 2 rings (SSSR count). The minimum atomic E-state index is -1.21. The van der Waals surface area contributed by atoms with E-state index in [1.54, 1.807) is 19.1 Å². The van der Waals surface area contributed by atoms with Crippen LogP contribution in [-0.4, -0.2) is 35.2 Å². The number of aryl methyl sites for hydroxylation is 1. The first-order valence-electron chi connectivity index (χ1n) is 7.79. The Hall–Kier alpha value is -1.14. The number of carbonyl (C=O) groups excluding carboxylic acids is 1. The van der Waals surface area contributed by atoms with Crippen LogP contribution in [0.4, 0.5) is 4.79 Å². The highest BCUT2D eigenvalue weighted by Gasteiger charge is 2.29. The number of thioether (sulfide) groups is 1. The van der Waals surface area contributed by atoms with E-state index in [4.69, 9.17) is 4.42 Å². The molecule has 5 nitrogen and oxygen atoms in total. The molecule has 1 aliphatic carbocycles. The Kier molecular flexibility index (Phi) is 5.81. The molecule has 1 aromatic rings. The molecule has 0 unspecified atom stereocenters. The first-order valence-corrected chi connectivity index (χ1v) is 9.07. The van der Waals surface area contributed by atoms with E-state index in [0.717, 1.165) is 25.0 Å². The van der Waals surface area contributed by atoms with Gasteiger partial charge >= 0.3 is 6.03 Å². The normalized spacial score (nSPS) is 24.5. The van der Waals surface area contributed by atoms with E-state index in [1.807, 2.05) is 18.7 Å². The third-order valence-corrected chi connectivity index (χ3v) is 5.36. The molecule has 1 heterocycles. The minimum absolute atomic E-state index is 0.114. The Bertz CT molecular complexity index is 501. The molecule has 3 N–H and O–H groups in total. The third-order valence-electron chi connectivity index (χ3n) is 4.19. The van der Waals surface area contributed by atoms with Crippen LogP contribution in [0.2, 0.25) is 0 Å². The lowest BCUT2D eigenvalue weighted by atomic mass is 9.95.